The third-order valence-corrected chi connectivity index (χ3v) is 4.45. The van der Waals surface area contributed by atoms with E-state index in [0.717, 1.165) is 4.88 Å². The van der Waals surface area contributed by atoms with E-state index in [1.54, 1.807) is 35.1 Å². The number of carbonyl (C=O) groups is 2. The highest BCUT2D eigenvalue weighted by atomic mass is 32.1. The second-order valence-electron chi connectivity index (χ2n) is 4.86. The van der Waals surface area contributed by atoms with Crippen molar-refractivity contribution in [1.29, 1.82) is 0 Å². The molecule has 20 heavy (non-hydrogen) atoms. The maximum absolute atomic E-state index is 12.4. The van der Waals surface area contributed by atoms with Gasteiger partial charge in [-0.2, -0.15) is 0 Å². The number of thiophene rings is 1. The van der Waals surface area contributed by atoms with Crippen LogP contribution in [-0.2, 0) is 4.79 Å². The van der Waals surface area contributed by atoms with Gasteiger partial charge in [-0.3, -0.25) is 4.79 Å². The number of carboxylic acid groups (broad SMARTS) is 1. The van der Waals surface area contributed by atoms with Crippen LogP contribution in [0.15, 0.2) is 17.5 Å². The molecule has 0 saturated carbocycles. The minimum Gasteiger partial charge on any atom is -0.481 e. The highest BCUT2D eigenvalue weighted by Gasteiger charge is 2.25. The lowest BCUT2D eigenvalue weighted by Crippen LogP contribution is -2.44. The Balaban J connectivity index is 2.72. The van der Waals surface area contributed by atoms with Crippen LogP contribution < -0.4 is 0 Å². The van der Waals surface area contributed by atoms with Crippen LogP contribution in [0.2, 0.25) is 0 Å². The molecule has 1 aromatic rings. The van der Waals surface area contributed by atoms with Crippen LogP contribution in [0.4, 0.5) is 4.79 Å². The van der Waals surface area contributed by atoms with E-state index in [0.29, 0.717) is 6.54 Å². The SMILES string of the molecule is CCN(CC(C)C(=O)O)C(=O)N(C)C(C)c1cccs1. The summed E-state index contributed by atoms with van der Waals surface area (Å²) in [4.78, 5) is 27.7. The molecule has 112 valence electrons. The van der Waals surface area contributed by atoms with Crippen LogP contribution in [0.1, 0.15) is 31.7 Å². The summed E-state index contributed by atoms with van der Waals surface area (Å²) in [6.45, 7) is 6.17. The number of rotatable bonds is 6. The molecular formula is C14H22N2O3S. The quantitative estimate of drug-likeness (QED) is 0.878. The highest BCUT2D eigenvalue weighted by molar-refractivity contribution is 7.10. The maximum atomic E-state index is 12.4. The number of urea groups is 1. The van der Waals surface area contributed by atoms with Gasteiger partial charge < -0.3 is 14.9 Å². The maximum Gasteiger partial charge on any atom is 0.320 e. The first-order chi connectivity index (χ1) is 9.38. The van der Waals surface area contributed by atoms with Crippen molar-refractivity contribution in [3.05, 3.63) is 22.4 Å². The standard InChI is InChI=1S/C14H22N2O3S/c1-5-16(9-10(2)13(17)18)14(19)15(4)11(3)12-7-6-8-20-12/h6-8,10-11H,5,9H2,1-4H3,(H,17,18). The van der Waals surface area contributed by atoms with E-state index < -0.39 is 11.9 Å². The summed E-state index contributed by atoms with van der Waals surface area (Å²) in [5, 5.41) is 10.9. The predicted octanol–water partition coefficient (Wildman–Crippen LogP) is 2.90. The van der Waals surface area contributed by atoms with Crippen molar-refractivity contribution < 1.29 is 14.7 Å². The lowest BCUT2D eigenvalue weighted by Gasteiger charge is -2.31. The fraction of sp³-hybridized carbons (Fsp3) is 0.571. The minimum absolute atomic E-state index is 0.0170. The topological polar surface area (TPSA) is 60.9 Å². The van der Waals surface area contributed by atoms with Crippen molar-refractivity contribution in [3.8, 4) is 0 Å². The molecule has 1 heterocycles. The van der Waals surface area contributed by atoms with Crippen LogP contribution in [-0.4, -0.2) is 47.0 Å². The van der Waals surface area contributed by atoms with Gasteiger partial charge in [-0.25, -0.2) is 4.79 Å². The molecule has 0 aliphatic carbocycles. The summed E-state index contributed by atoms with van der Waals surface area (Å²) < 4.78 is 0. The number of aliphatic carboxylic acids is 1. The van der Waals surface area contributed by atoms with E-state index in [-0.39, 0.29) is 18.6 Å². The molecule has 0 aromatic carbocycles. The van der Waals surface area contributed by atoms with E-state index in [1.807, 2.05) is 31.4 Å². The Morgan fingerprint density at radius 1 is 1.40 bits per heavy atom. The molecule has 0 fully saturated rings. The van der Waals surface area contributed by atoms with Crippen molar-refractivity contribution in [1.82, 2.24) is 9.80 Å². The van der Waals surface area contributed by atoms with Crippen molar-refractivity contribution >= 4 is 23.3 Å². The predicted molar refractivity (Wildman–Crippen MR) is 79.9 cm³/mol. The minimum atomic E-state index is -0.884. The van der Waals surface area contributed by atoms with Crippen LogP contribution in [0.5, 0.6) is 0 Å². The highest BCUT2D eigenvalue weighted by Crippen LogP contribution is 2.24. The molecule has 0 spiro atoms. The molecule has 0 saturated heterocycles. The monoisotopic (exact) mass is 298 g/mol. The van der Waals surface area contributed by atoms with Gasteiger partial charge in [-0.15, -0.1) is 11.3 Å². The molecule has 6 heteroatoms. The van der Waals surface area contributed by atoms with Gasteiger partial charge in [-0.05, 0) is 25.3 Å². The third-order valence-electron chi connectivity index (χ3n) is 3.41. The van der Waals surface area contributed by atoms with Crippen molar-refractivity contribution in [2.24, 2.45) is 5.92 Å². The van der Waals surface area contributed by atoms with E-state index in [4.69, 9.17) is 5.11 Å². The Hall–Kier alpha value is -1.56. The second-order valence-corrected chi connectivity index (χ2v) is 5.84. The van der Waals surface area contributed by atoms with Gasteiger partial charge in [0.05, 0.1) is 12.0 Å². The number of amides is 2. The van der Waals surface area contributed by atoms with E-state index in [2.05, 4.69) is 0 Å². The fourth-order valence-electron chi connectivity index (χ4n) is 1.86. The van der Waals surface area contributed by atoms with Gasteiger partial charge in [0.2, 0.25) is 0 Å². The van der Waals surface area contributed by atoms with Crippen LogP contribution in [0, 0.1) is 5.92 Å². The summed E-state index contributed by atoms with van der Waals surface area (Å²) in [6.07, 6.45) is 0. The van der Waals surface area contributed by atoms with Gasteiger partial charge in [-0.1, -0.05) is 13.0 Å². The van der Waals surface area contributed by atoms with E-state index in [9.17, 15) is 9.59 Å². The van der Waals surface area contributed by atoms with Crippen LogP contribution in [0.25, 0.3) is 0 Å². The lowest BCUT2D eigenvalue weighted by molar-refractivity contribution is -0.141. The fourth-order valence-corrected chi connectivity index (χ4v) is 2.69. The average molecular weight is 298 g/mol. The number of hydrogen-bond acceptors (Lipinski definition) is 3. The normalized spacial score (nSPS) is 13.6. The van der Waals surface area contributed by atoms with Gasteiger partial charge in [0, 0.05) is 25.0 Å². The first-order valence-electron chi connectivity index (χ1n) is 6.66. The van der Waals surface area contributed by atoms with E-state index in [1.165, 1.54) is 0 Å². The third kappa shape index (κ3) is 3.96. The summed E-state index contributed by atoms with van der Waals surface area (Å²) in [5.74, 6) is -1.45. The molecule has 2 unspecified atom stereocenters. The Morgan fingerprint density at radius 2 is 2.05 bits per heavy atom. The van der Waals surface area contributed by atoms with Gasteiger partial charge in [0.1, 0.15) is 0 Å². The van der Waals surface area contributed by atoms with Crippen molar-refractivity contribution in [3.63, 3.8) is 0 Å². The zero-order chi connectivity index (χ0) is 15.3. The molecule has 1 N–H and O–H groups in total. The first kappa shape index (κ1) is 16.5. The molecule has 2 atom stereocenters. The molecule has 2 amide bonds. The van der Waals surface area contributed by atoms with Crippen molar-refractivity contribution in [2.45, 2.75) is 26.8 Å². The Bertz CT molecular complexity index is 447. The molecule has 1 rings (SSSR count). The zero-order valence-electron chi connectivity index (χ0n) is 12.4. The molecule has 0 aliphatic rings. The first-order valence-corrected chi connectivity index (χ1v) is 7.54. The van der Waals surface area contributed by atoms with Gasteiger partial charge in [0.25, 0.3) is 0 Å². The summed E-state index contributed by atoms with van der Waals surface area (Å²) in [5.41, 5.74) is 0. The summed E-state index contributed by atoms with van der Waals surface area (Å²) >= 11 is 1.61. The molecular weight excluding hydrogens is 276 g/mol. The number of carbonyl (C=O) groups excluding carboxylic acids is 1. The Morgan fingerprint density at radius 3 is 2.50 bits per heavy atom. The average Bonchev–Trinajstić information content (AvgIpc) is 2.95. The molecule has 0 bridgehead atoms. The largest absolute Gasteiger partial charge is 0.481 e. The Labute approximate surface area is 123 Å². The molecule has 0 aliphatic heterocycles. The van der Waals surface area contributed by atoms with Crippen LogP contribution in [0.3, 0.4) is 0 Å². The molecule has 5 nitrogen and oxygen atoms in total. The van der Waals surface area contributed by atoms with Crippen LogP contribution >= 0.6 is 11.3 Å². The van der Waals surface area contributed by atoms with Gasteiger partial charge >= 0.3 is 12.0 Å². The zero-order valence-corrected chi connectivity index (χ0v) is 13.2. The van der Waals surface area contributed by atoms with E-state index >= 15 is 0 Å². The molecule has 0 radical (unpaired) electrons. The smallest absolute Gasteiger partial charge is 0.320 e. The van der Waals surface area contributed by atoms with Gasteiger partial charge in [0.15, 0.2) is 0 Å². The lowest BCUT2D eigenvalue weighted by atomic mass is 10.1. The number of nitrogens with zero attached hydrogens (tertiary/aromatic N) is 2. The number of hydrogen-bond donors (Lipinski definition) is 1. The number of carboxylic acids is 1. The van der Waals surface area contributed by atoms with Crippen molar-refractivity contribution in [2.75, 3.05) is 20.1 Å². The summed E-state index contributed by atoms with van der Waals surface area (Å²) in [7, 11) is 1.75. The summed E-state index contributed by atoms with van der Waals surface area (Å²) in [6, 6.07) is 3.80. The molecule has 1 aromatic heterocycles. The Kier molecular flexibility index (Phi) is 6.01. The second kappa shape index (κ2) is 7.28.